The summed E-state index contributed by atoms with van der Waals surface area (Å²) in [6.45, 7) is 0.275. The first-order valence-electron chi connectivity index (χ1n) is 9.16. The van der Waals surface area contributed by atoms with Gasteiger partial charge in [0.1, 0.15) is 5.82 Å². The molecule has 154 valence electrons. The molecule has 0 atom stereocenters. The van der Waals surface area contributed by atoms with Gasteiger partial charge in [0.05, 0.1) is 11.0 Å². The number of benzene rings is 2. The smallest absolute Gasteiger partial charge is 0.300 e. The van der Waals surface area contributed by atoms with E-state index in [4.69, 9.17) is 0 Å². The molecule has 1 amide bonds. The summed E-state index contributed by atoms with van der Waals surface area (Å²) in [5.74, 6) is 0.129. The third-order valence-corrected chi connectivity index (χ3v) is 6.59. The SMILES string of the molecule is Cn1c(=O)n(CCC(=O)Nc2nnc(SCc3ccc(F)cc3)s2)c2ccccc21. The number of nitrogens with zero attached hydrogens (tertiary/aromatic N) is 4. The molecule has 0 radical (unpaired) electrons. The highest BCUT2D eigenvalue weighted by atomic mass is 32.2. The average Bonchev–Trinajstić information content (AvgIpc) is 3.29. The standard InChI is InChI=1S/C20H18FN5O2S2/c1-25-15-4-2-3-5-16(15)26(20(25)28)11-10-17(27)22-18-23-24-19(30-18)29-12-13-6-8-14(21)9-7-13/h2-9H,10-12H2,1H3,(H,22,23,27). The molecule has 0 aliphatic heterocycles. The summed E-state index contributed by atoms with van der Waals surface area (Å²) in [7, 11) is 1.72. The van der Waals surface area contributed by atoms with E-state index < -0.39 is 0 Å². The van der Waals surface area contributed by atoms with Gasteiger partial charge in [-0.05, 0) is 29.8 Å². The van der Waals surface area contributed by atoms with Crippen LogP contribution in [0, 0.1) is 5.82 Å². The zero-order valence-electron chi connectivity index (χ0n) is 16.0. The van der Waals surface area contributed by atoms with Gasteiger partial charge in [-0.15, -0.1) is 10.2 Å². The molecule has 2 heterocycles. The van der Waals surface area contributed by atoms with Crippen molar-refractivity contribution in [3.8, 4) is 0 Å². The molecule has 0 aliphatic carbocycles. The zero-order valence-corrected chi connectivity index (χ0v) is 17.7. The lowest BCUT2D eigenvalue weighted by atomic mass is 10.2. The highest BCUT2D eigenvalue weighted by Crippen LogP contribution is 2.28. The molecular weight excluding hydrogens is 425 g/mol. The Balaban J connectivity index is 1.33. The van der Waals surface area contributed by atoms with Crippen LogP contribution < -0.4 is 11.0 Å². The number of hydrogen-bond acceptors (Lipinski definition) is 6. The van der Waals surface area contributed by atoms with Crippen LogP contribution in [0.15, 0.2) is 57.7 Å². The van der Waals surface area contributed by atoms with Gasteiger partial charge in [0.25, 0.3) is 0 Å². The van der Waals surface area contributed by atoms with Gasteiger partial charge in [0.15, 0.2) is 4.34 Å². The first-order valence-corrected chi connectivity index (χ1v) is 11.0. The van der Waals surface area contributed by atoms with Crippen molar-refractivity contribution in [3.63, 3.8) is 0 Å². The van der Waals surface area contributed by atoms with E-state index in [1.165, 1.54) is 35.2 Å². The zero-order chi connectivity index (χ0) is 21.1. The molecule has 0 saturated carbocycles. The number of thioether (sulfide) groups is 1. The Kier molecular flexibility index (Phi) is 5.96. The van der Waals surface area contributed by atoms with Crippen LogP contribution in [0.1, 0.15) is 12.0 Å². The molecule has 1 N–H and O–H groups in total. The highest BCUT2D eigenvalue weighted by molar-refractivity contribution is 8.00. The predicted molar refractivity (Wildman–Crippen MR) is 116 cm³/mol. The lowest BCUT2D eigenvalue weighted by Gasteiger charge is -2.03. The molecule has 4 aromatic rings. The minimum Gasteiger partial charge on any atom is -0.300 e. The number of aryl methyl sites for hydroxylation is 2. The summed E-state index contributed by atoms with van der Waals surface area (Å²) >= 11 is 2.74. The molecule has 30 heavy (non-hydrogen) atoms. The van der Waals surface area contributed by atoms with Gasteiger partial charge in [-0.3, -0.25) is 13.9 Å². The van der Waals surface area contributed by atoms with Crippen LogP contribution in [0.25, 0.3) is 11.0 Å². The second-order valence-electron chi connectivity index (χ2n) is 6.57. The van der Waals surface area contributed by atoms with E-state index in [1.807, 2.05) is 24.3 Å². The fourth-order valence-electron chi connectivity index (χ4n) is 3.02. The predicted octanol–water partition coefficient (Wildman–Crippen LogP) is 3.65. The third-order valence-electron chi connectivity index (χ3n) is 4.54. The van der Waals surface area contributed by atoms with Gasteiger partial charge in [-0.2, -0.15) is 0 Å². The number of fused-ring (bicyclic) bond motifs is 1. The quantitative estimate of drug-likeness (QED) is 0.348. The topological polar surface area (TPSA) is 81.8 Å². The van der Waals surface area contributed by atoms with Crippen molar-refractivity contribution in [2.24, 2.45) is 7.05 Å². The van der Waals surface area contributed by atoms with Crippen LogP contribution in [-0.4, -0.2) is 25.2 Å². The number of halogens is 1. The molecule has 0 fully saturated rings. The van der Waals surface area contributed by atoms with Crippen LogP contribution >= 0.6 is 23.1 Å². The first kappa shape index (κ1) is 20.3. The maximum Gasteiger partial charge on any atom is 0.328 e. The van der Waals surface area contributed by atoms with Crippen LogP contribution in [0.3, 0.4) is 0 Å². The number of carbonyl (C=O) groups excluding carboxylic acids is 1. The average molecular weight is 444 g/mol. The Morgan fingerprint density at radius 1 is 1.13 bits per heavy atom. The fraction of sp³-hybridized carbons (Fsp3) is 0.200. The fourth-order valence-corrected chi connectivity index (χ4v) is 4.74. The summed E-state index contributed by atoms with van der Waals surface area (Å²) < 4.78 is 16.8. The highest BCUT2D eigenvalue weighted by Gasteiger charge is 2.13. The molecule has 2 aromatic carbocycles. The summed E-state index contributed by atoms with van der Waals surface area (Å²) in [5, 5.41) is 11.2. The molecule has 0 saturated heterocycles. The minimum absolute atomic E-state index is 0.144. The van der Waals surface area contributed by atoms with Gasteiger partial charge >= 0.3 is 5.69 Å². The Labute approximate surface area is 179 Å². The van der Waals surface area contributed by atoms with Gasteiger partial charge in [-0.25, -0.2) is 9.18 Å². The van der Waals surface area contributed by atoms with Crippen molar-refractivity contribution in [1.29, 1.82) is 0 Å². The van der Waals surface area contributed by atoms with Crippen molar-refractivity contribution in [1.82, 2.24) is 19.3 Å². The lowest BCUT2D eigenvalue weighted by Crippen LogP contribution is -2.24. The second-order valence-corrected chi connectivity index (χ2v) is 8.77. The number of imidazole rings is 1. The number of rotatable bonds is 7. The van der Waals surface area contributed by atoms with Crippen LogP contribution in [0.4, 0.5) is 9.52 Å². The number of amides is 1. The number of anilines is 1. The maximum absolute atomic E-state index is 13.0. The number of carbonyl (C=O) groups is 1. The summed E-state index contributed by atoms with van der Waals surface area (Å²) in [6.07, 6.45) is 0.144. The second kappa shape index (κ2) is 8.80. The number of aromatic nitrogens is 4. The molecule has 0 aliphatic rings. The Morgan fingerprint density at radius 3 is 2.63 bits per heavy atom. The molecule has 4 rings (SSSR count). The summed E-state index contributed by atoms with van der Waals surface area (Å²) in [4.78, 5) is 24.7. The van der Waals surface area contributed by atoms with Crippen molar-refractivity contribution in [2.75, 3.05) is 5.32 Å². The normalized spacial score (nSPS) is 11.1. The number of hydrogen-bond donors (Lipinski definition) is 1. The minimum atomic E-state index is -0.268. The van der Waals surface area contributed by atoms with Crippen molar-refractivity contribution in [2.45, 2.75) is 23.1 Å². The van der Waals surface area contributed by atoms with Crippen molar-refractivity contribution < 1.29 is 9.18 Å². The molecule has 0 spiro atoms. The van der Waals surface area contributed by atoms with Gasteiger partial charge in [0, 0.05) is 25.8 Å². The molecular formula is C20H18FN5O2S2. The van der Waals surface area contributed by atoms with Gasteiger partial charge in [-0.1, -0.05) is 47.4 Å². The maximum atomic E-state index is 13.0. The molecule has 2 aromatic heterocycles. The van der Waals surface area contributed by atoms with E-state index in [0.29, 0.717) is 15.2 Å². The van der Waals surface area contributed by atoms with Crippen LogP contribution in [-0.2, 0) is 24.1 Å². The van der Waals surface area contributed by atoms with Crippen molar-refractivity contribution >= 4 is 45.2 Å². The summed E-state index contributed by atoms with van der Waals surface area (Å²) in [5.41, 5.74) is 2.45. The third kappa shape index (κ3) is 4.44. The van der Waals surface area contributed by atoms with Crippen LogP contribution in [0.2, 0.25) is 0 Å². The Morgan fingerprint density at radius 2 is 1.87 bits per heavy atom. The molecule has 10 heteroatoms. The first-order chi connectivity index (χ1) is 14.5. The van der Waals surface area contributed by atoms with E-state index in [-0.39, 0.29) is 30.4 Å². The number of para-hydroxylation sites is 2. The van der Waals surface area contributed by atoms with Gasteiger partial charge in [0.2, 0.25) is 11.0 Å². The monoisotopic (exact) mass is 443 g/mol. The van der Waals surface area contributed by atoms with E-state index >= 15 is 0 Å². The van der Waals surface area contributed by atoms with Crippen LogP contribution in [0.5, 0.6) is 0 Å². The largest absolute Gasteiger partial charge is 0.328 e. The van der Waals surface area contributed by atoms with E-state index in [2.05, 4.69) is 15.5 Å². The summed E-state index contributed by atoms with van der Waals surface area (Å²) in [6, 6.07) is 13.8. The molecule has 0 unspecified atom stereocenters. The molecule has 0 bridgehead atoms. The van der Waals surface area contributed by atoms with Crippen molar-refractivity contribution in [3.05, 3.63) is 70.4 Å². The molecule has 7 nitrogen and oxygen atoms in total. The number of nitrogens with one attached hydrogen (secondary N) is 1. The van der Waals surface area contributed by atoms with E-state index in [0.717, 1.165) is 16.6 Å². The van der Waals surface area contributed by atoms with E-state index in [9.17, 15) is 14.0 Å². The van der Waals surface area contributed by atoms with Gasteiger partial charge < -0.3 is 5.32 Å². The Hall–Kier alpha value is -2.98. The lowest BCUT2D eigenvalue weighted by molar-refractivity contribution is -0.116. The Bertz CT molecular complexity index is 1250. The van der Waals surface area contributed by atoms with E-state index in [1.54, 1.807) is 28.3 Å².